The van der Waals surface area contributed by atoms with Gasteiger partial charge in [0, 0.05) is 31.4 Å². The van der Waals surface area contributed by atoms with Gasteiger partial charge in [0.25, 0.3) is 0 Å². The van der Waals surface area contributed by atoms with Crippen LogP contribution in [0, 0.1) is 5.92 Å². The summed E-state index contributed by atoms with van der Waals surface area (Å²) >= 11 is 0. The first-order valence-corrected chi connectivity index (χ1v) is 7.19. The van der Waals surface area contributed by atoms with Crippen molar-refractivity contribution in [2.24, 2.45) is 18.7 Å². The van der Waals surface area contributed by atoms with Crippen LogP contribution in [0.1, 0.15) is 38.3 Å². The predicted octanol–water partition coefficient (Wildman–Crippen LogP) is 0.901. The Morgan fingerprint density at radius 1 is 1.58 bits per heavy atom. The molecule has 0 bridgehead atoms. The predicted molar refractivity (Wildman–Crippen MR) is 75.6 cm³/mol. The summed E-state index contributed by atoms with van der Waals surface area (Å²) in [6, 6.07) is 0.227. The van der Waals surface area contributed by atoms with Crippen LogP contribution in [0.4, 0.5) is 0 Å². The zero-order valence-electron chi connectivity index (χ0n) is 12.2. The molecule has 4 atom stereocenters. The number of rotatable bonds is 4. The van der Waals surface area contributed by atoms with Gasteiger partial charge in [-0.3, -0.25) is 9.58 Å². The molecule has 2 rings (SSSR count). The first kappa shape index (κ1) is 14.5. The average molecular weight is 266 g/mol. The second-order valence-corrected chi connectivity index (χ2v) is 5.79. The Balaban J connectivity index is 2.18. The van der Waals surface area contributed by atoms with Crippen molar-refractivity contribution in [1.29, 1.82) is 0 Å². The van der Waals surface area contributed by atoms with E-state index in [1.54, 1.807) is 0 Å². The van der Waals surface area contributed by atoms with Gasteiger partial charge in [-0.2, -0.15) is 5.10 Å². The van der Waals surface area contributed by atoms with Gasteiger partial charge in [0.1, 0.15) is 0 Å². The van der Waals surface area contributed by atoms with E-state index in [2.05, 4.69) is 23.8 Å². The molecule has 4 unspecified atom stereocenters. The minimum atomic E-state index is -0.253. The number of aryl methyl sites for hydroxylation is 1. The number of hydrogen-bond donors (Lipinski definition) is 2. The number of aliphatic hydroxyl groups is 1. The van der Waals surface area contributed by atoms with Crippen LogP contribution in [-0.2, 0) is 7.05 Å². The van der Waals surface area contributed by atoms with Crippen molar-refractivity contribution in [2.75, 3.05) is 13.1 Å². The van der Waals surface area contributed by atoms with Gasteiger partial charge in [0.05, 0.1) is 18.3 Å². The molecule has 19 heavy (non-hydrogen) atoms. The van der Waals surface area contributed by atoms with Crippen LogP contribution in [-0.4, -0.2) is 45.0 Å². The van der Waals surface area contributed by atoms with Gasteiger partial charge in [-0.05, 0) is 25.3 Å². The van der Waals surface area contributed by atoms with E-state index in [9.17, 15) is 5.11 Å². The van der Waals surface area contributed by atoms with Gasteiger partial charge in [-0.25, -0.2) is 0 Å². The molecule has 0 spiro atoms. The molecule has 0 saturated carbocycles. The smallest absolute Gasteiger partial charge is 0.0693 e. The van der Waals surface area contributed by atoms with Gasteiger partial charge in [-0.15, -0.1) is 0 Å². The highest BCUT2D eigenvalue weighted by molar-refractivity contribution is 5.14. The van der Waals surface area contributed by atoms with Crippen LogP contribution in [0.15, 0.2) is 12.4 Å². The first-order valence-electron chi connectivity index (χ1n) is 7.19. The zero-order valence-corrected chi connectivity index (χ0v) is 12.2. The van der Waals surface area contributed by atoms with E-state index in [4.69, 9.17) is 5.73 Å². The third-order valence-electron chi connectivity index (χ3n) is 4.29. The number of β-amino-alcohol motifs (C(OH)–C–C–N with tert-alkyl or cyclic N) is 1. The first-order chi connectivity index (χ1) is 9.02. The topological polar surface area (TPSA) is 67.3 Å². The van der Waals surface area contributed by atoms with Crippen molar-refractivity contribution in [3.8, 4) is 0 Å². The molecule has 2 heterocycles. The molecule has 0 amide bonds. The fourth-order valence-electron chi connectivity index (χ4n) is 2.87. The molecular formula is C14H26N4O. The van der Waals surface area contributed by atoms with Crippen LogP contribution < -0.4 is 5.73 Å². The van der Waals surface area contributed by atoms with E-state index in [1.165, 1.54) is 0 Å². The lowest BCUT2D eigenvalue weighted by Gasteiger charge is -2.41. The lowest BCUT2D eigenvalue weighted by molar-refractivity contribution is 0.00395. The SMILES string of the molecule is CCC(N)C(c1cnn(C)c1)N1CCC(C)C(O)C1. The Bertz CT molecular complexity index is 406. The van der Waals surface area contributed by atoms with E-state index in [1.807, 2.05) is 24.1 Å². The molecule has 1 fully saturated rings. The van der Waals surface area contributed by atoms with Crippen molar-refractivity contribution in [3.63, 3.8) is 0 Å². The number of likely N-dealkylation sites (tertiary alicyclic amines) is 1. The maximum absolute atomic E-state index is 10.1. The third-order valence-corrected chi connectivity index (χ3v) is 4.29. The summed E-state index contributed by atoms with van der Waals surface area (Å²) in [5.41, 5.74) is 7.46. The highest BCUT2D eigenvalue weighted by Crippen LogP contribution is 2.29. The van der Waals surface area contributed by atoms with E-state index < -0.39 is 0 Å². The quantitative estimate of drug-likeness (QED) is 0.850. The number of piperidine rings is 1. The molecule has 1 aliphatic rings. The highest BCUT2D eigenvalue weighted by Gasteiger charge is 2.32. The molecule has 5 heteroatoms. The van der Waals surface area contributed by atoms with Gasteiger partial charge >= 0.3 is 0 Å². The number of hydrogen-bond acceptors (Lipinski definition) is 4. The zero-order chi connectivity index (χ0) is 14.0. The molecule has 1 saturated heterocycles. The van der Waals surface area contributed by atoms with Crippen molar-refractivity contribution < 1.29 is 5.11 Å². The van der Waals surface area contributed by atoms with Gasteiger partial charge < -0.3 is 10.8 Å². The fourth-order valence-corrected chi connectivity index (χ4v) is 2.87. The molecule has 0 aliphatic carbocycles. The Labute approximate surface area is 115 Å². The maximum Gasteiger partial charge on any atom is 0.0693 e. The normalized spacial score (nSPS) is 28.3. The highest BCUT2D eigenvalue weighted by atomic mass is 16.3. The van der Waals surface area contributed by atoms with Crippen molar-refractivity contribution >= 4 is 0 Å². The lowest BCUT2D eigenvalue weighted by Crippen LogP contribution is -2.49. The number of nitrogens with zero attached hydrogens (tertiary/aromatic N) is 3. The summed E-state index contributed by atoms with van der Waals surface area (Å²) in [4.78, 5) is 2.32. The van der Waals surface area contributed by atoms with E-state index in [-0.39, 0.29) is 18.2 Å². The maximum atomic E-state index is 10.1. The largest absolute Gasteiger partial charge is 0.392 e. The Hall–Kier alpha value is -0.910. The Morgan fingerprint density at radius 2 is 2.32 bits per heavy atom. The van der Waals surface area contributed by atoms with Crippen LogP contribution in [0.5, 0.6) is 0 Å². The molecule has 5 nitrogen and oxygen atoms in total. The van der Waals surface area contributed by atoms with Gasteiger partial charge in [0.15, 0.2) is 0 Å². The second-order valence-electron chi connectivity index (χ2n) is 5.79. The summed E-state index contributed by atoms with van der Waals surface area (Å²) in [5, 5.41) is 14.4. The minimum absolute atomic E-state index is 0.0739. The molecular weight excluding hydrogens is 240 g/mol. The molecule has 1 aromatic heterocycles. The summed E-state index contributed by atoms with van der Waals surface area (Å²) < 4.78 is 1.81. The standard InChI is InChI=1S/C14H26N4O/c1-4-12(15)14(11-7-16-17(3)8-11)18-6-5-10(2)13(19)9-18/h7-8,10,12-14,19H,4-6,9,15H2,1-3H3. The molecule has 108 valence electrons. The number of aromatic nitrogens is 2. The van der Waals surface area contributed by atoms with Gasteiger partial charge in [0.2, 0.25) is 0 Å². The molecule has 0 aromatic carbocycles. The fraction of sp³-hybridized carbons (Fsp3) is 0.786. The summed E-state index contributed by atoms with van der Waals surface area (Å²) in [7, 11) is 1.92. The van der Waals surface area contributed by atoms with Crippen LogP contribution in [0.2, 0.25) is 0 Å². The monoisotopic (exact) mass is 266 g/mol. The molecule has 3 N–H and O–H groups in total. The van der Waals surface area contributed by atoms with Gasteiger partial charge in [-0.1, -0.05) is 13.8 Å². The van der Waals surface area contributed by atoms with Crippen molar-refractivity contribution in [1.82, 2.24) is 14.7 Å². The average Bonchev–Trinajstić information content (AvgIpc) is 2.80. The van der Waals surface area contributed by atoms with E-state index >= 15 is 0 Å². The Kier molecular flexibility index (Phi) is 4.60. The number of aliphatic hydroxyl groups excluding tert-OH is 1. The third kappa shape index (κ3) is 3.16. The number of nitrogens with two attached hydrogens (primary N) is 1. The van der Waals surface area contributed by atoms with Crippen LogP contribution in [0.3, 0.4) is 0 Å². The lowest BCUT2D eigenvalue weighted by atomic mass is 9.91. The van der Waals surface area contributed by atoms with E-state index in [0.717, 1.165) is 24.9 Å². The van der Waals surface area contributed by atoms with Crippen molar-refractivity contribution in [2.45, 2.75) is 44.9 Å². The van der Waals surface area contributed by atoms with Crippen molar-refractivity contribution in [3.05, 3.63) is 18.0 Å². The molecule has 0 radical (unpaired) electrons. The summed E-state index contributed by atoms with van der Waals surface area (Å²) in [6.07, 6.45) is 5.61. The minimum Gasteiger partial charge on any atom is -0.392 e. The summed E-state index contributed by atoms with van der Waals surface area (Å²) in [6.45, 7) is 5.91. The Morgan fingerprint density at radius 3 is 2.84 bits per heavy atom. The molecule has 1 aromatic rings. The molecule has 1 aliphatic heterocycles. The second kappa shape index (κ2) is 6.03. The van der Waals surface area contributed by atoms with E-state index in [0.29, 0.717) is 12.5 Å². The summed E-state index contributed by atoms with van der Waals surface area (Å²) in [5.74, 6) is 0.378. The van der Waals surface area contributed by atoms with Crippen LogP contribution >= 0.6 is 0 Å². The van der Waals surface area contributed by atoms with Crippen LogP contribution in [0.25, 0.3) is 0 Å².